The number of carbonyl (C=O) groups is 1. The topological polar surface area (TPSA) is 78.7 Å². The van der Waals surface area contributed by atoms with Crippen molar-refractivity contribution in [3.05, 3.63) is 40.0 Å². The van der Waals surface area contributed by atoms with Gasteiger partial charge in [-0.3, -0.25) is 10.1 Å². The van der Waals surface area contributed by atoms with Crippen LogP contribution in [0.5, 0.6) is 5.75 Å². The Morgan fingerprint density at radius 3 is 2.79 bits per heavy atom. The normalized spacial score (nSPS) is 10.4. The fourth-order valence-corrected chi connectivity index (χ4v) is 1.42. The highest BCUT2D eigenvalue weighted by molar-refractivity contribution is 5.72. The molecule has 0 atom stereocenters. The van der Waals surface area contributed by atoms with E-state index in [9.17, 15) is 14.9 Å². The Hall–Kier alpha value is -2.37. The molecule has 102 valence electrons. The molecule has 6 heteroatoms. The number of carbonyl (C=O) groups excluding carboxylic acids is 1. The van der Waals surface area contributed by atoms with E-state index in [2.05, 4.69) is 4.74 Å². The molecule has 0 saturated carbocycles. The molecule has 1 aromatic rings. The van der Waals surface area contributed by atoms with Gasteiger partial charge in [-0.1, -0.05) is 19.1 Å². The number of benzene rings is 1. The Bertz CT molecular complexity index is 496. The monoisotopic (exact) mass is 265 g/mol. The molecule has 0 saturated heterocycles. The number of esters is 1. The summed E-state index contributed by atoms with van der Waals surface area (Å²) in [6.07, 6.45) is 4.14. The van der Waals surface area contributed by atoms with E-state index in [-0.39, 0.29) is 18.0 Å². The molecule has 0 N–H and O–H groups in total. The lowest BCUT2D eigenvalue weighted by molar-refractivity contribution is -0.385. The van der Waals surface area contributed by atoms with Gasteiger partial charge in [0, 0.05) is 6.07 Å². The van der Waals surface area contributed by atoms with Gasteiger partial charge in [0.05, 0.1) is 17.6 Å². The summed E-state index contributed by atoms with van der Waals surface area (Å²) in [5, 5.41) is 11.0. The molecule has 19 heavy (non-hydrogen) atoms. The minimum Gasteiger partial charge on any atom is -0.481 e. The summed E-state index contributed by atoms with van der Waals surface area (Å²) in [7, 11) is 1.25. The van der Waals surface area contributed by atoms with Crippen LogP contribution in [0.25, 0.3) is 6.08 Å². The number of nitro groups is 1. The van der Waals surface area contributed by atoms with Crippen LogP contribution in [0.2, 0.25) is 0 Å². The minimum atomic E-state index is -0.545. The zero-order valence-electron chi connectivity index (χ0n) is 10.8. The quantitative estimate of drug-likeness (QED) is 0.448. The molecule has 0 aromatic heterocycles. The van der Waals surface area contributed by atoms with Crippen molar-refractivity contribution < 1.29 is 19.2 Å². The first-order valence-corrected chi connectivity index (χ1v) is 5.73. The number of hydrogen-bond acceptors (Lipinski definition) is 5. The molecule has 6 nitrogen and oxygen atoms in total. The second-order valence-electron chi connectivity index (χ2n) is 3.62. The van der Waals surface area contributed by atoms with Crippen molar-refractivity contribution in [2.45, 2.75) is 13.3 Å². The van der Waals surface area contributed by atoms with E-state index < -0.39 is 10.9 Å². The summed E-state index contributed by atoms with van der Waals surface area (Å²) in [5.74, 6) is -0.263. The molecule has 0 spiro atoms. The predicted octanol–water partition coefficient (Wildman–Crippen LogP) is 2.57. The number of rotatable bonds is 6. The maximum atomic E-state index is 11.0. The van der Waals surface area contributed by atoms with Crippen LogP contribution in [0, 0.1) is 10.1 Å². The number of methoxy groups -OCH3 is 1. The first-order valence-electron chi connectivity index (χ1n) is 5.73. The Kier molecular flexibility index (Phi) is 5.53. The number of hydrogen-bond donors (Lipinski definition) is 0. The maximum absolute atomic E-state index is 11.0. The molecular weight excluding hydrogens is 250 g/mol. The second-order valence-corrected chi connectivity index (χ2v) is 3.62. The number of ether oxygens (including phenoxy) is 2. The third-order valence-electron chi connectivity index (χ3n) is 2.33. The van der Waals surface area contributed by atoms with E-state index in [1.54, 1.807) is 18.2 Å². The summed E-state index contributed by atoms with van der Waals surface area (Å²) in [4.78, 5) is 21.5. The molecule has 1 aromatic carbocycles. The molecule has 0 aliphatic rings. The lowest BCUT2D eigenvalue weighted by Crippen LogP contribution is -2.13. The highest BCUT2D eigenvalue weighted by Crippen LogP contribution is 2.29. The van der Waals surface area contributed by atoms with E-state index in [4.69, 9.17) is 4.74 Å². The molecule has 0 aliphatic carbocycles. The van der Waals surface area contributed by atoms with Gasteiger partial charge in [0.25, 0.3) is 5.69 Å². The van der Waals surface area contributed by atoms with Gasteiger partial charge in [0.15, 0.2) is 6.61 Å². The number of nitro benzene ring substituents is 1. The highest BCUT2D eigenvalue weighted by atomic mass is 16.6. The van der Waals surface area contributed by atoms with Crippen LogP contribution >= 0.6 is 0 Å². The Morgan fingerprint density at radius 1 is 1.47 bits per heavy atom. The van der Waals surface area contributed by atoms with Gasteiger partial charge in [0.2, 0.25) is 0 Å². The van der Waals surface area contributed by atoms with Gasteiger partial charge in [-0.2, -0.15) is 0 Å². The van der Waals surface area contributed by atoms with Crippen molar-refractivity contribution in [3.63, 3.8) is 0 Å². The van der Waals surface area contributed by atoms with Crippen LogP contribution in [0.15, 0.2) is 24.3 Å². The predicted molar refractivity (Wildman–Crippen MR) is 69.9 cm³/mol. The summed E-state index contributed by atoms with van der Waals surface area (Å²) >= 11 is 0. The first-order chi connectivity index (χ1) is 9.10. The Morgan fingerprint density at radius 2 is 2.21 bits per heavy atom. The van der Waals surface area contributed by atoms with Crippen molar-refractivity contribution in [1.82, 2.24) is 0 Å². The average molecular weight is 265 g/mol. The average Bonchev–Trinajstić information content (AvgIpc) is 2.42. The molecular formula is C13H15NO5. The SMILES string of the molecule is CCC=Cc1c(OCC(=O)OC)cccc1[N+](=O)[O-]. The smallest absolute Gasteiger partial charge is 0.343 e. The maximum Gasteiger partial charge on any atom is 0.343 e. The molecule has 0 amide bonds. The van der Waals surface area contributed by atoms with E-state index in [1.807, 2.05) is 6.92 Å². The van der Waals surface area contributed by atoms with Crippen LogP contribution in [-0.4, -0.2) is 24.6 Å². The first kappa shape index (κ1) is 14.7. The highest BCUT2D eigenvalue weighted by Gasteiger charge is 2.16. The van der Waals surface area contributed by atoms with E-state index >= 15 is 0 Å². The standard InChI is InChI=1S/C13H15NO5/c1-3-4-6-10-11(14(16)17)7-5-8-12(10)19-9-13(15)18-2/h4-8H,3,9H2,1-2H3. The van der Waals surface area contributed by atoms with Gasteiger partial charge in [0.1, 0.15) is 5.75 Å². The summed E-state index contributed by atoms with van der Waals surface area (Å²) in [5.41, 5.74) is 0.283. The molecule has 0 heterocycles. The van der Waals surface area contributed by atoms with E-state index in [0.717, 1.165) is 6.42 Å². The largest absolute Gasteiger partial charge is 0.481 e. The fourth-order valence-electron chi connectivity index (χ4n) is 1.42. The molecule has 0 unspecified atom stereocenters. The van der Waals surface area contributed by atoms with Crippen LogP contribution in [0.4, 0.5) is 5.69 Å². The summed E-state index contributed by atoms with van der Waals surface area (Å²) in [6, 6.07) is 4.47. The van der Waals surface area contributed by atoms with Crippen molar-refractivity contribution in [1.29, 1.82) is 0 Å². The molecule has 0 radical (unpaired) electrons. The lowest BCUT2D eigenvalue weighted by atomic mass is 10.1. The van der Waals surface area contributed by atoms with Crippen LogP contribution < -0.4 is 4.74 Å². The number of nitrogens with zero attached hydrogens (tertiary/aromatic N) is 1. The molecule has 0 bridgehead atoms. The third kappa shape index (κ3) is 4.09. The van der Waals surface area contributed by atoms with Crippen molar-refractivity contribution in [2.24, 2.45) is 0 Å². The summed E-state index contributed by atoms with van der Waals surface area (Å²) in [6.45, 7) is 1.63. The summed E-state index contributed by atoms with van der Waals surface area (Å²) < 4.78 is 9.70. The van der Waals surface area contributed by atoms with Crippen LogP contribution in [0.1, 0.15) is 18.9 Å². The Balaban J connectivity index is 3.08. The second kappa shape index (κ2) is 7.15. The zero-order valence-corrected chi connectivity index (χ0v) is 10.8. The number of allylic oxidation sites excluding steroid dienone is 1. The molecule has 1 rings (SSSR count). The molecule has 0 fully saturated rings. The fraction of sp³-hybridized carbons (Fsp3) is 0.308. The lowest BCUT2D eigenvalue weighted by Gasteiger charge is -2.08. The van der Waals surface area contributed by atoms with Crippen molar-refractivity contribution >= 4 is 17.7 Å². The van der Waals surface area contributed by atoms with Gasteiger partial charge in [-0.25, -0.2) is 4.79 Å². The van der Waals surface area contributed by atoms with E-state index in [1.165, 1.54) is 19.2 Å². The van der Waals surface area contributed by atoms with Gasteiger partial charge in [-0.05, 0) is 18.6 Å². The van der Waals surface area contributed by atoms with E-state index in [0.29, 0.717) is 5.56 Å². The van der Waals surface area contributed by atoms with Crippen molar-refractivity contribution in [2.75, 3.05) is 13.7 Å². The van der Waals surface area contributed by atoms with Crippen LogP contribution in [-0.2, 0) is 9.53 Å². The zero-order chi connectivity index (χ0) is 14.3. The van der Waals surface area contributed by atoms with Gasteiger partial charge >= 0.3 is 5.97 Å². The minimum absolute atomic E-state index is 0.0629. The van der Waals surface area contributed by atoms with Gasteiger partial charge < -0.3 is 9.47 Å². The van der Waals surface area contributed by atoms with Crippen molar-refractivity contribution in [3.8, 4) is 5.75 Å². The Labute approximate surface area is 110 Å². The van der Waals surface area contributed by atoms with Crippen LogP contribution in [0.3, 0.4) is 0 Å². The van der Waals surface area contributed by atoms with Gasteiger partial charge in [-0.15, -0.1) is 0 Å². The molecule has 0 aliphatic heterocycles. The third-order valence-corrected chi connectivity index (χ3v) is 2.33.